The molecule has 0 saturated carbocycles. The fourth-order valence-electron chi connectivity index (χ4n) is 0.899. The first kappa shape index (κ1) is 9.44. The van der Waals surface area contributed by atoms with Gasteiger partial charge in [-0.3, -0.25) is 0 Å². The molecule has 0 spiro atoms. The van der Waals surface area contributed by atoms with E-state index in [9.17, 15) is 0 Å². The van der Waals surface area contributed by atoms with Crippen LogP contribution < -0.4 is 0 Å². The summed E-state index contributed by atoms with van der Waals surface area (Å²) in [5.74, 6) is 0. The number of hydrogen-bond donors (Lipinski definition) is 0. The summed E-state index contributed by atoms with van der Waals surface area (Å²) in [6.45, 7) is 0. The van der Waals surface area contributed by atoms with Gasteiger partial charge in [0.1, 0.15) is 0 Å². The third-order valence-electron chi connectivity index (χ3n) is 1.52. The molecule has 0 radical (unpaired) electrons. The summed E-state index contributed by atoms with van der Waals surface area (Å²) in [5.41, 5.74) is 0.908. The van der Waals surface area contributed by atoms with Crippen LogP contribution in [0, 0.1) is 11.3 Å². The number of benzene rings is 1. The minimum absolute atomic E-state index is 0.382. The molecule has 62 valence electrons. The third kappa shape index (κ3) is 2.17. The quantitative estimate of drug-likeness (QED) is 0.681. The van der Waals surface area contributed by atoms with Crippen molar-refractivity contribution < 1.29 is 0 Å². The van der Waals surface area contributed by atoms with Crippen LogP contribution >= 0.6 is 23.4 Å². The largest absolute Gasteiger partial charge is 0.198 e. The van der Waals surface area contributed by atoms with Crippen molar-refractivity contribution in [1.29, 1.82) is 5.26 Å². The van der Waals surface area contributed by atoms with Gasteiger partial charge in [-0.25, -0.2) is 0 Å². The van der Waals surface area contributed by atoms with Crippen molar-refractivity contribution in [2.24, 2.45) is 0 Å². The summed E-state index contributed by atoms with van der Waals surface area (Å²) >= 11 is 7.52. The second-order valence-electron chi connectivity index (χ2n) is 2.29. The lowest BCUT2D eigenvalue weighted by atomic mass is 10.2. The number of nitriles is 1. The van der Waals surface area contributed by atoms with Gasteiger partial charge in [0.15, 0.2) is 0 Å². The third-order valence-corrected chi connectivity index (χ3v) is 2.62. The van der Waals surface area contributed by atoms with Gasteiger partial charge in [-0.2, -0.15) is 5.26 Å². The van der Waals surface area contributed by atoms with Gasteiger partial charge in [0.05, 0.1) is 12.5 Å². The average molecular weight is 198 g/mol. The summed E-state index contributed by atoms with van der Waals surface area (Å²) in [6.07, 6.45) is 2.38. The summed E-state index contributed by atoms with van der Waals surface area (Å²) in [6, 6.07) is 7.82. The van der Waals surface area contributed by atoms with E-state index >= 15 is 0 Å². The second kappa shape index (κ2) is 4.39. The molecule has 1 aromatic carbocycles. The number of hydrogen-bond acceptors (Lipinski definition) is 2. The molecule has 0 amide bonds. The molecule has 1 nitrogen and oxygen atoms in total. The smallest absolute Gasteiger partial charge is 0.0670 e. The monoisotopic (exact) mass is 197 g/mol. The molecular formula is C9H8ClNS. The number of rotatable bonds is 2. The van der Waals surface area contributed by atoms with Crippen LogP contribution in [0.4, 0.5) is 0 Å². The Labute approximate surface area is 81.3 Å². The van der Waals surface area contributed by atoms with Gasteiger partial charge in [-0.1, -0.05) is 11.6 Å². The van der Waals surface area contributed by atoms with Crippen LogP contribution in [-0.2, 0) is 6.42 Å². The minimum Gasteiger partial charge on any atom is -0.198 e. The standard InChI is InChI=1S/C9H8ClNS/c1-12-8-2-3-9(10)7(6-8)4-5-11/h2-3,6H,4H2,1H3. The molecule has 0 heterocycles. The van der Waals surface area contributed by atoms with Crippen LogP contribution in [0.5, 0.6) is 0 Å². The molecule has 1 rings (SSSR count). The highest BCUT2D eigenvalue weighted by atomic mass is 35.5. The number of thioether (sulfide) groups is 1. The van der Waals surface area contributed by atoms with Gasteiger partial charge >= 0.3 is 0 Å². The van der Waals surface area contributed by atoms with Crippen molar-refractivity contribution in [3.63, 3.8) is 0 Å². The highest BCUT2D eigenvalue weighted by Crippen LogP contribution is 2.22. The van der Waals surface area contributed by atoms with Crippen molar-refractivity contribution >= 4 is 23.4 Å². The maximum absolute atomic E-state index is 8.49. The molecule has 0 saturated heterocycles. The Kier molecular flexibility index (Phi) is 3.46. The molecule has 0 unspecified atom stereocenters. The molecule has 3 heteroatoms. The molecule has 0 aliphatic rings. The van der Waals surface area contributed by atoms with E-state index in [1.165, 1.54) is 0 Å². The van der Waals surface area contributed by atoms with Crippen LogP contribution in [0.2, 0.25) is 5.02 Å². The average Bonchev–Trinajstić information content (AvgIpc) is 2.09. The SMILES string of the molecule is CSc1ccc(Cl)c(CC#N)c1. The van der Waals surface area contributed by atoms with Gasteiger partial charge < -0.3 is 0 Å². The van der Waals surface area contributed by atoms with Gasteiger partial charge in [0.2, 0.25) is 0 Å². The van der Waals surface area contributed by atoms with Crippen molar-refractivity contribution in [2.75, 3.05) is 6.26 Å². The molecule has 0 bridgehead atoms. The molecule has 0 aliphatic carbocycles. The van der Waals surface area contributed by atoms with Gasteiger partial charge in [0, 0.05) is 9.92 Å². The van der Waals surface area contributed by atoms with Gasteiger partial charge in [0.25, 0.3) is 0 Å². The Bertz CT molecular complexity index is 317. The Balaban J connectivity index is 3.01. The van der Waals surface area contributed by atoms with Crippen molar-refractivity contribution in [3.05, 3.63) is 28.8 Å². The number of halogens is 1. The van der Waals surface area contributed by atoms with Crippen LogP contribution in [0.3, 0.4) is 0 Å². The van der Waals surface area contributed by atoms with E-state index in [0.717, 1.165) is 10.5 Å². The van der Waals surface area contributed by atoms with Gasteiger partial charge in [-0.15, -0.1) is 11.8 Å². The molecular weight excluding hydrogens is 190 g/mol. The fraction of sp³-hybridized carbons (Fsp3) is 0.222. The first-order chi connectivity index (χ1) is 5.77. The summed E-state index contributed by atoms with van der Waals surface area (Å²) in [5, 5.41) is 9.17. The highest BCUT2D eigenvalue weighted by molar-refractivity contribution is 7.98. The first-order valence-electron chi connectivity index (χ1n) is 3.47. The van der Waals surface area contributed by atoms with Crippen molar-refractivity contribution in [3.8, 4) is 6.07 Å². The van der Waals surface area contributed by atoms with E-state index in [0.29, 0.717) is 11.4 Å². The molecule has 0 aliphatic heterocycles. The Hall–Kier alpha value is -0.650. The maximum Gasteiger partial charge on any atom is 0.0670 e. The number of nitrogens with zero attached hydrogens (tertiary/aromatic N) is 1. The molecule has 0 fully saturated rings. The Morgan fingerprint density at radius 1 is 1.58 bits per heavy atom. The maximum atomic E-state index is 8.49. The van der Waals surface area contributed by atoms with Crippen LogP contribution in [0.15, 0.2) is 23.1 Å². The van der Waals surface area contributed by atoms with E-state index in [1.807, 2.05) is 24.5 Å². The molecule has 12 heavy (non-hydrogen) atoms. The Morgan fingerprint density at radius 3 is 2.92 bits per heavy atom. The second-order valence-corrected chi connectivity index (χ2v) is 3.58. The van der Waals surface area contributed by atoms with Crippen LogP contribution in [0.1, 0.15) is 5.56 Å². The summed E-state index contributed by atoms with van der Waals surface area (Å²) in [4.78, 5) is 1.14. The van der Waals surface area contributed by atoms with E-state index in [-0.39, 0.29) is 0 Å². The fourth-order valence-corrected chi connectivity index (χ4v) is 1.55. The van der Waals surface area contributed by atoms with Crippen molar-refractivity contribution in [1.82, 2.24) is 0 Å². The van der Waals surface area contributed by atoms with E-state index in [1.54, 1.807) is 11.8 Å². The lowest BCUT2D eigenvalue weighted by Crippen LogP contribution is -1.83. The highest BCUT2D eigenvalue weighted by Gasteiger charge is 2.00. The molecule has 1 aromatic rings. The predicted octanol–water partition coefficient (Wildman–Crippen LogP) is 3.13. The lowest BCUT2D eigenvalue weighted by Gasteiger charge is -2.01. The zero-order valence-electron chi connectivity index (χ0n) is 6.67. The zero-order valence-corrected chi connectivity index (χ0v) is 8.25. The molecule has 0 atom stereocenters. The summed E-state index contributed by atoms with van der Waals surface area (Å²) < 4.78 is 0. The topological polar surface area (TPSA) is 23.8 Å². The predicted molar refractivity (Wildman–Crippen MR) is 52.6 cm³/mol. The molecule has 0 aromatic heterocycles. The van der Waals surface area contributed by atoms with E-state index in [4.69, 9.17) is 16.9 Å². The zero-order chi connectivity index (χ0) is 8.97. The molecule has 0 N–H and O–H groups in total. The van der Waals surface area contributed by atoms with E-state index < -0.39 is 0 Å². The van der Waals surface area contributed by atoms with E-state index in [2.05, 4.69) is 6.07 Å². The van der Waals surface area contributed by atoms with Crippen LogP contribution in [0.25, 0.3) is 0 Å². The first-order valence-corrected chi connectivity index (χ1v) is 5.07. The normalized spacial score (nSPS) is 9.42. The van der Waals surface area contributed by atoms with Gasteiger partial charge in [-0.05, 0) is 30.0 Å². The van der Waals surface area contributed by atoms with Crippen LogP contribution in [-0.4, -0.2) is 6.26 Å². The minimum atomic E-state index is 0.382. The Morgan fingerprint density at radius 2 is 2.33 bits per heavy atom. The summed E-state index contributed by atoms with van der Waals surface area (Å²) in [7, 11) is 0. The van der Waals surface area contributed by atoms with Crippen molar-refractivity contribution in [2.45, 2.75) is 11.3 Å². The lowest BCUT2D eigenvalue weighted by molar-refractivity contribution is 1.23.